The first-order chi connectivity index (χ1) is 12.1. The second kappa shape index (κ2) is 7.81. The molecule has 126 valence electrons. The van der Waals surface area contributed by atoms with E-state index in [2.05, 4.69) is 10.3 Å². The molecule has 3 rings (SSSR count). The van der Waals surface area contributed by atoms with Gasteiger partial charge >= 0.3 is 0 Å². The van der Waals surface area contributed by atoms with Crippen LogP contribution in [0.3, 0.4) is 0 Å². The third kappa shape index (κ3) is 4.36. The molecule has 0 fully saturated rings. The number of aromatic nitrogens is 2. The fraction of sp³-hybridized carbons (Fsp3) is 0.105. The highest BCUT2D eigenvalue weighted by Crippen LogP contribution is 2.14. The van der Waals surface area contributed by atoms with Gasteiger partial charge in [-0.3, -0.25) is 14.2 Å². The summed E-state index contributed by atoms with van der Waals surface area (Å²) in [4.78, 5) is 28.7. The van der Waals surface area contributed by atoms with Gasteiger partial charge in [0.15, 0.2) is 5.03 Å². The quantitative estimate of drug-likeness (QED) is 0.717. The van der Waals surface area contributed by atoms with E-state index in [1.165, 1.54) is 4.57 Å². The molecule has 25 heavy (non-hydrogen) atoms. The number of nitrogens with one attached hydrogen (secondary N) is 1. The molecule has 1 amide bonds. The lowest BCUT2D eigenvalue weighted by atomic mass is 10.2. The van der Waals surface area contributed by atoms with Crippen molar-refractivity contribution in [1.82, 2.24) is 9.55 Å². The topological polar surface area (TPSA) is 64.0 Å². The van der Waals surface area contributed by atoms with E-state index < -0.39 is 0 Å². The van der Waals surface area contributed by atoms with E-state index in [1.807, 2.05) is 61.5 Å². The number of hydrogen-bond donors (Lipinski definition) is 1. The number of aryl methyl sites for hydroxylation is 1. The highest BCUT2D eigenvalue weighted by molar-refractivity contribution is 7.99. The molecule has 2 aromatic carbocycles. The highest BCUT2D eigenvalue weighted by Gasteiger charge is 2.10. The summed E-state index contributed by atoms with van der Waals surface area (Å²) in [5.74, 6) is -0.0541. The predicted molar refractivity (Wildman–Crippen MR) is 100 cm³/mol. The second-order valence-electron chi connectivity index (χ2n) is 5.45. The van der Waals surface area contributed by atoms with Gasteiger partial charge in [0.2, 0.25) is 5.91 Å². The van der Waals surface area contributed by atoms with Crippen molar-refractivity contribution >= 4 is 23.4 Å². The van der Waals surface area contributed by atoms with E-state index in [0.717, 1.165) is 28.7 Å². The lowest BCUT2D eigenvalue weighted by Gasteiger charge is -2.08. The first-order valence-corrected chi connectivity index (χ1v) is 8.74. The van der Waals surface area contributed by atoms with Crippen molar-refractivity contribution in [2.24, 2.45) is 0 Å². The lowest BCUT2D eigenvalue weighted by Crippen LogP contribution is -2.22. The van der Waals surface area contributed by atoms with Crippen LogP contribution in [0.4, 0.5) is 5.69 Å². The third-order valence-corrected chi connectivity index (χ3v) is 4.45. The Morgan fingerprint density at radius 3 is 2.72 bits per heavy atom. The fourth-order valence-corrected chi connectivity index (χ4v) is 3.04. The normalized spacial score (nSPS) is 10.4. The van der Waals surface area contributed by atoms with Crippen molar-refractivity contribution in [3.05, 3.63) is 82.9 Å². The van der Waals surface area contributed by atoms with Gasteiger partial charge in [0, 0.05) is 23.8 Å². The van der Waals surface area contributed by atoms with E-state index in [0.29, 0.717) is 5.03 Å². The molecule has 0 bridgehead atoms. The Balaban J connectivity index is 1.69. The van der Waals surface area contributed by atoms with Gasteiger partial charge in [0.25, 0.3) is 5.56 Å². The van der Waals surface area contributed by atoms with Crippen LogP contribution in [0.15, 0.2) is 76.8 Å². The molecule has 0 aliphatic heterocycles. The molecule has 6 heteroatoms. The first kappa shape index (κ1) is 17.0. The number of carbonyl (C=O) groups is 1. The van der Waals surface area contributed by atoms with Crippen LogP contribution in [-0.4, -0.2) is 21.2 Å². The smallest absolute Gasteiger partial charge is 0.287 e. The summed E-state index contributed by atoms with van der Waals surface area (Å²) in [5.41, 5.74) is 2.34. The van der Waals surface area contributed by atoms with Crippen LogP contribution in [0, 0.1) is 6.92 Å². The van der Waals surface area contributed by atoms with Gasteiger partial charge in [0.05, 0.1) is 5.75 Å². The van der Waals surface area contributed by atoms with Gasteiger partial charge in [-0.1, -0.05) is 42.1 Å². The number of benzene rings is 2. The van der Waals surface area contributed by atoms with Gasteiger partial charge in [0.1, 0.15) is 0 Å². The monoisotopic (exact) mass is 351 g/mol. The summed E-state index contributed by atoms with van der Waals surface area (Å²) >= 11 is 1.13. The number of hydrogen-bond acceptors (Lipinski definition) is 4. The van der Waals surface area contributed by atoms with E-state index in [9.17, 15) is 9.59 Å². The van der Waals surface area contributed by atoms with Crippen molar-refractivity contribution in [2.75, 3.05) is 11.1 Å². The largest absolute Gasteiger partial charge is 0.325 e. The molecule has 3 aromatic rings. The summed E-state index contributed by atoms with van der Waals surface area (Å²) in [5, 5.41) is 3.12. The molecule has 0 aliphatic carbocycles. The van der Waals surface area contributed by atoms with Gasteiger partial charge < -0.3 is 5.32 Å². The zero-order chi connectivity index (χ0) is 17.6. The molecule has 1 N–H and O–H groups in total. The average Bonchev–Trinajstić information content (AvgIpc) is 2.61. The number of nitrogens with zero attached hydrogens (tertiary/aromatic N) is 2. The van der Waals surface area contributed by atoms with Crippen LogP contribution in [0.2, 0.25) is 0 Å². The Hall–Kier alpha value is -2.86. The van der Waals surface area contributed by atoms with Crippen molar-refractivity contribution in [3.63, 3.8) is 0 Å². The SMILES string of the molecule is Cc1cccc(NC(=O)CSc2nccn(-c3ccccc3)c2=O)c1. The number of carbonyl (C=O) groups excluding carboxylic acids is 1. The zero-order valence-electron chi connectivity index (χ0n) is 13.7. The molecule has 5 nitrogen and oxygen atoms in total. The Kier molecular flexibility index (Phi) is 5.30. The van der Waals surface area contributed by atoms with E-state index in [-0.39, 0.29) is 17.2 Å². The average molecular weight is 351 g/mol. The minimum absolute atomic E-state index is 0.120. The molecule has 0 aliphatic rings. The number of thioether (sulfide) groups is 1. The minimum atomic E-state index is -0.234. The number of amides is 1. The number of rotatable bonds is 5. The van der Waals surface area contributed by atoms with Crippen LogP contribution in [-0.2, 0) is 4.79 Å². The summed E-state index contributed by atoms with van der Waals surface area (Å²) in [7, 11) is 0. The van der Waals surface area contributed by atoms with E-state index >= 15 is 0 Å². The fourth-order valence-electron chi connectivity index (χ4n) is 2.34. The second-order valence-corrected chi connectivity index (χ2v) is 6.41. The van der Waals surface area contributed by atoms with Crippen LogP contribution in [0.25, 0.3) is 5.69 Å². The zero-order valence-corrected chi connectivity index (χ0v) is 14.5. The summed E-state index contributed by atoms with van der Waals surface area (Å²) in [6, 6.07) is 16.9. The summed E-state index contributed by atoms with van der Waals surface area (Å²) in [6.45, 7) is 1.96. The molecular formula is C19H17N3O2S. The van der Waals surface area contributed by atoms with Gasteiger partial charge in [-0.05, 0) is 36.8 Å². The maximum Gasteiger partial charge on any atom is 0.287 e. The maximum atomic E-state index is 12.5. The Labute approximate surface area is 149 Å². The van der Waals surface area contributed by atoms with Crippen molar-refractivity contribution in [2.45, 2.75) is 11.9 Å². The van der Waals surface area contributed by atoms with Crippen LogP contribution in [0.5, 0.6) is 0 Å². The molecule has 1 aromatic heterocycles. The first-order valence-electron chi connectivity index (χ1n) is 7.76. The van der Waals surface area contributed by atoms with Crippen molar-refractivity contribution in [3.8, 4) is 5.69 Å². The Morgan fingerprint density at radius 2 is 1.96 bits per heavy atom. The highest BCUT2D eigenvalue weighted by atomic mass is 32.2. The van der Waals surface area contributed by atoms with Gasteiger partial charge in [-0.2, -0.15) is 0 Å². The standard InChI is InChI=1S/C19H17N3O2S/c1-14-6-5-7-15(12-14)21-17(23)13-25-18-19(24)22(11-10-20-18)16-8-3-2-4-9-16/h2-12H,13H2,1H3,(H,21,23). The summed E-state index contributed by atoms with van der Waals surface area (Å²) < 4.78 is 1.52. The van der Waals surface area contributed by atoms with E-state index in [4.69, 9.17) is 0 Å². The minimum Gasteiger partial charge on any atom is -0.325 e. The van der Waals surface area contributed by atoms with Crippen LogP contribution >= 0.6 is 11.8 Å². The summed E-state index contributed by atoms with van der Waals surface area (Å²) in [6.07, 6.45) is 3.18. The lowest BCUT2D eigenvalue weighted by molar-refractivity contribution is -0.113. The van der Waals surface area contributed by atoms with E-state index in [1.54, 1.807) is 12.4 Å². The van der Waals surface area contributed by atoms with Crippen molar-refractivity contribution < 1.29 is 4.79 Å². The van der Waals surface area contributed by atoms with Crippen LogP contribution < -0.4 is 10.9 Å². The number of anilines is 1. The molecule has 1 heterocycles. The molecule has 0 spiro atoms. The molecule has 0 atom stereocenters. The van der Waals surface area contributed by atoms with Crippen LogP contribution in [0.1, 0.15) is 5.56 Å². The molecule has 0 unspecified atom stereocenters. The molecular weight excluding hydrogens is 334 g/mol. The molecule has 0 radical (unpaired) electrons. The molecule has 0 saturated carbocycles. The Morgan fingerprint density at radius 1 is 1.16 bits per heavy atom. The van der Waals surface area contributed by atoms with Crippen molar-refractivity contribution in [1.29, 1.82) is 0 Å². The predicted octanol–water partition coefficient (Wildman–Crippen LogP) is 3.27. The molecule has 0 saturated heterocycles. The third-order valence-electron chi connectivity index (χ3n) is 3.49. The van der Waals surface area contributed by atoms with Gasteiger partial charge in [-0.15, -0.1) is 0 Å². The number of para-hydroxylation sites is 1. The maximum absolute atomic E-state index is 12.5. The van der Waals surface area contributed by atoms with Gasteiger partial charge in [-0.25, -0.2) is 4.98 Å². The Bertz CT molecular complexity index is 939.